The highest BCUT2D eigenvalue weighted by Crippen LogP contribution is 2.32. The number of hydrogen-bond acceptors (Lipinski definition) is 5. The molecule has 124 valence electrons. The Morgan fingerprint density at radius 3 is 2.76 bits per heavy atom. The Balaban J connectivity index is 1.90. The molecule has 0 saturated carbocycles. The van der Waals surface area contributed by atoms with Gasteiger partial charge in [0, 0.05) is 11.3 Å². The zero-order valence-corrected chi connectivity index (χ0v) is 15.0. The van der Waals surface area contributed by atoms with E-state index in [2.05, 4.69) is 26.7 Å². The second-order valence-corrected chi connectivity index (χ2v) is 7.00. The summed E-state index contributed by atoms with van der Waals surface area (Å²) in [5.74, 6) is 1.61. The van der Waals surface area contributed by atoms with Crippen molar-refractivity contribution in [2.45, 2.75) is 31.6 Å². The van der Waals surface area contributed by atoms with Crippen LogP contribution in [0.1, 0.15) is 28.1 Å². The third-order valence-corrected chi connectivity index (χ3v) is 5.43. The molecule has 0 amide bonds. The number of benzene rings is 1. The van der Waals surface area contributed by atoms with Gasteiger partial charge in [-0.2, -0.15) is 5.26 Å². The van der Waals surface area contributed by atoms with Crippen LogP contribution in [0.15, 0.2) is 39.9 Å². The van der Waals surface area contributed by atoms with E-state index >= 15 is 0 Å². The lowest BCUT2D eigenvalue weighted by molar-refractivity contribution is 0.392. The summed E-state index contributed by atoms with van der Waals surface area (Å²) in [6.07, 6.45) is 0. The highest BCUT2D eigenvalue weighted by atomic mass is 32.2. The smallest absolute Gasteiger partial charge is 0.157 e. The number of pyridine rings is 1. The maximum Gasteiger partial charge on any atom is 0.157 e. The molecule has 6 heteroatoms. The average Bonchev–Trinajstić information content (AvgIpc) is 3.13. The summed E-state index contributed by atoms with van der Waals surface area (Å²) in [7, 11) is 0. The molecule has 0 spiro atoms. The molecule has 0 fully saturated rings. The van der Waals surface area contributed by atoms with E-state index in [0.717, 1.165) is 44.4 Å². The predicted octanol–water partition coefficient (Wildman–Crippen LogP) is 4.56. The van der Waals surface area contributed by atoms with Crippen LogP contribution in [0.4, 0.5) is 0 Å². The van der Waals surface area contributed by atoms with Crippen LogP contribution < -0.4 is 0 Å². The van der Waals surface area contributed by atoms with Crippen molar-refractivity contribution in [2.24, 2.45) is 0 Å². The fourth-order valence-electron chi connectivity index (χ4n) is 3.01. The second kappa shape index (κ2) is 5.94. The van der Waals surface area contributed by atoms with Crippen LogP contribution in [0.25, 0.3) is 16.7 Å². The Morgan fingerprint density at radius 2 is 2.04 bits per heavy atom. The third-order valence-electron chi connectivity index (χ3n) is 4.40. The summed E-state index contributed by atoms with van der Waals surface area (Å²) >= 11 is 1.70. The lowest BCUT2D eigenvalue weighted by atomic mass is 10.2. The van der Waals surface area contributed by atoms with Gasteiger partial charge in [0.05, 0.1) is 27.3 Å². The Labute approximate surface area is 149 Å². The minimum absolute atomic E-state index is 0.623. The number of nitrogens with zero attached hydrogens (tertiary/aromatic N) is 4. The largest absolute Gasteiger partial charge is 0.361 e. The first-order chi connectivity index (χ1) is 12.1. The molecule has 0 aliphatic heterocycles. The number of para-hydroxylation sites is 2. The minimum atomic E-state index is 0.623. The number of aryl methyl sites for hydroxylation is 3. The van der Waals surface area contributed by atoms with Gasteiger partial charge in [0.25, 0.3) is 0 Å². The first-order valence-electron chi connectivity index (χ1n) is 7.95. The van der Waals surface area contributed by atoms with Gasteiger partial charge < -0.3 is 4.52 Å². The lowest BCUT2D eigenvalue weighted by Crippen LogP contribution is -1.97. The number of nitriles is 1. The molecule has 4 rings (SSSR count). The first-order valence-corrected chi connectivity index (χ1v) is 8.94. The van der Waals surface area contributed by atoms with Crippen molar-refractivity contribution in [2.75, 3.05) is 0 Å². The zero-order valence-electron chi connectivity index (χ0n) is 14.2. The summed E-state index contributed by atoms with van der Waals surface area (Å²) < 4.78 is 7.33. The maximum atomic E-state index is 9.55. The van der Waals surface area contributed by atoms with E-state index in [1.165, 1.54) is 0 Å². The van der Waals surface area contributed by atoms with Crippen LogP contribution in [0.3, 0.4) is 0 Å². The molecule has 0 unspecified atom stereocenters. The highest BCUT2D eigenvalue weighted by molar-refractivity contribution is 7.98. The van der Waals surface area contributed by atoms with Crippen LogP contribution >= 0.6 is 11.8 Å². The predicted molar refractivity (Wildman–Crippen MR) is 97.7 cm³/mol. The Hall–Kier alpha value is -2.78. The SMILES string of the molecule is Cc1cc(SCc2c(C)noc2C)n2c(nc3ccccc32)c1C#N. The van der Waals surface area contributed by atoms with E-state index in [0.29, 0.717) is 11.2 Å². The molecule has 0 saturated heterocycles. The third kappa shape index (κ3) is 2.48. The normalized spacial score (nSPS) is 11.3. The molecule has 0 radical (unpaired) electrons. The number of rotatable bonds is 3. The van der Waals surface area contributed by atoms with Crippen LogP contribution in [-0.4, -0.2) is 14.5 Å². The van der Waals surface area contributed by atoms with E-state index in [4.69, 9.17) is 4.52 Å². The van der Waals surface area contributed by atoms with Crippen molar-refractivity contribution < 1.29 is 4.52 Å². The number of imidazole rings is 1. The van der Waals surface area contributed by atoms with Gasteiger partial charge in [-0.15, -0.1) is 11.8 Å². The summed E-state index contributed by atoms with van der Waals surface area (Å²) in [6.45, 7) is 5.85. The molecule has 4 aromatic rings. The van der Waals surface area contributed by atoms with E-state index in [9.17, 15) is 5.26 Å². The molecule has 3 heterocycles. The van der Waals surface area contributed by atoms with Crippen LogP contribution in [0, 0.1) is 32.1 Å². The zero-order chi connectivity index (χ0) is 17.6. The van der Waals surface area contributed by atoms with Gasteiger partial charge in [0.2, 0.25) is 0 Å². The topological polar surface area (TPSA) is 67.1 Å². The number of aromatic nitrogens is 3. The highest BCUT2D eigenvalue weighted by Gasteiger charge is 2.16. The molecule has 0 aliphatic rings. The molecule has 0 aliphatic carbocycles. The van der Waals surface area contributed by atoms with Gasteiger partial charge in [-0.05, 0) is 44.5 Å². The summed E-state index contributed by atoms with van der Waals surface area (Å²) in [5.41, 5.74) is 6.21. The Morgan fingerprint density at radius 1 is 1.24 bits per heavy atom. The molecule has 0 N–H and O–H groups in total. The summed E-state index contributed by atoms with van der Waals surface area (Å²) in [6, 6.07) is 12.3. The number of thioether (sulfide) groups is 1. The maximum absolute atomic E-state index is 9.55. The summed E-state index contributed by atoms with van der Waals surface area (Å²) in [5, 5.41) is 14.6. The van der Waals surface area contributed by atoms with E-state index in [-0.39, 0.29) is 0 Å². The van der Waals surface area contributed by atoms with Crippen molar-refractivity contribution in [3.63, 3.8) is 0 Å². The molecule has 0 bridgehead atoms. The number of fused-ring (bicyclic) bond motifs is 3. The second-order valence-electron chi connectivity index (χ2n) is 6.00. The fourth-order valence-corrected chi connectivity index (χ4v) is 4.29. The number of hydrogen-bond donors (Lipinski definition) is 0. The van der Waals surface area contributed by atoms with Gasteiger partial charge in [-0.3, -0.25) is 4.40 Å². The van der Waals surface area contributed by atoms with Crippen molar-refractivity contribution in [1.82, 2.24) is 14.5 Å². The van der Waals surface area contributed by atoms with Crippen LogP contribution in [0.2, 0.25) is 0 Å². The van der Waals surface area contributed by atoms with Crippen molar-refractivity contribution >= 4 is 28.4 Å². The molecular weight excluding hydrogens is 332 g/mol. The minimum Gasteiger partial charge on any atom is -0.361 e. The Bertz CT molecular complexity index is 1130. The molecule has 1 aromatic carbocycles. The van der Waals surface area contributed by atoms with Crippen molar-refractivity contribution in [3.05, 3.63) is 58.5 Å². The van der Waals surface area contributed by atoms with E-state index in [1.807, 2.05) is 45.0 Å². The van der Waals surface area contributed by atoms with Crippen molar-refractivity contribution in [3.8, 4) is 6.07 Å². The quantitative estimate of drug-likeness (QED) is 0.508. The fraction of sp³-hybridized carbons (Fsp3) is 0.211. The average molecular weight is 348 g/mol. The van der Waals surface area contributed by atoms with Crippen LogP contribution in [-0.2, 0) is 5.75 Å². The first kappa shape index (κ1) is 15.7. The monoisotopic (exact) mass is 348 g/mol. The molecule has 3 aromatic heterocycles. The van der Waals surface area contributed by atoms with Gasteiger partial charge in [-0.25, -0.2) is 4.98 Å². The lowest BCUT2D eigenvalue weighted by Gasteiger charge is -2.09. The molecule has 25 heavy (non-hydrogen) atoms. The van der Waals surface area contributed by atoms with Gasteiger partial charge in [0.1, 0.15) is 11.8 Å². The van der Waals surface area contributed by atoms with Gasteiger partial charge >= 0.3 is 0 Å². The van der Waals surface area contributed by atoms with E-state index < -0.39 is 0 Å². The van der Waals surface area contributed by atoms with Crippen molar-refractivity contribution in [1.29, 1.82) is 5.26 Å². The standard InChI is InChI=1S/C19H16N4OS/c1-11-8-18(25-10-15-12(2)22-24-13(15)3)23-17-7-5-4-6-16(17)21-19(23)14(11)9-20/h4-8H,10H2,1-3H3. The summed E-state index contributed by atoms with van der Waals surface area (Å²) in [4.78, 5) is 4.68. The van der Waals surface area contributed by atoms with Gasteiger partial charge in [0.15, 0.2) is 5.65 Å². The Kier molecular flexibility index (Phi) is 3.74. The molecular formula is C19H16N4OS. The van der Waals surface area contributed by atoms with Crippen LogP contribution in [0.5, 0.6) is 0 Å². The molecule has 0 atom stereocenters. The van der Waals surface area contributed by atoms with Gasteiger partial charge in [-0.1, -0.05) is 17.3 Å². The molecule has 5 nitrogen and oxygen atoms in total. The van der Waals surface area contributed by atoms with E-state index in [1.54, 1.807) is 11.8 Å².